The number of alkyl halides is 1. The summed E-state index contributed by atoms with van der Waals surface area (Å²) in [5.41, 5.74) is 0.104. The molecular formula is C20H27ClFN3O2. The van der Waals surface area contributed by atoms with Crippen LogP contribution in [0, 0.1) is 0 Å². The molecule has 1 aromatic rings. The maximum absolute atomic E-state index is 13.4. The lowest BCUT2D eigenvalue weighted by Gasteiger charge is -2.41. The number of likely N-dealkylation sites (tertiary alicyclic amines) is 2. The van der Waals surface area contributed by atoms with Gasteiger partial charge in [-0.1, -0.05) is 23.7 Å². The van der Waals surface area contributed by atoms with Crippen molar-refractivity contribution in [3.05, 3.63) is 34.9 Å². The van der Waals surface area contributed by atoms with Crippen molar-refractivity contribution in [2.45, 2.75) is 49.5 Å². The molecule has 3 atom stereocenters. The number of halogens is 2. The Hall–Kier alpha value is -1.21. The molecule has 7 heteroatoms. The number of amides is 1. The summed E-state index contributed by atoms with van der Waals surface area (Å²) in [6, 6.07) is 7.52. The molecule has 3 heterocycles. The highest BCUT2D eigenvalue weighted by molar-refractivity contribution is 6.30. The molecule has 0 bridgehead atoms. The summed E-state index contributed by atoms with van der Waals surface area (Å²) in [5, 5.41) is 15.0. The number of piperidine rings is 1. The molecule has 1 aromatic carbocycles. The first kappa shape index (κ1) is 19.1. The van der Waals surface area contributed by atoms with Gasteiger partial charge < -0.3 is 15.3 Å². The Morgan fingerprint density at radius 2 is 1.93 bits per heavy atom. The fraction of sp³-hybridized carbons (Fsp3) is 0.650. The molecule has 0 spiro atoms. The predicted octanol–water partition coefficient (Wildman–Crippen LogP) is 1.92. The van der Waals surface area contributed by atoms with Gasteiger partial charge in [0.15, 0.2) is 0 Å². The summed E-state index contributed by atoms with van der Waals surface area (Å²) in [6.45, 7) is 3.12. The molecule has 0 aliphatic carbocycles. The maximum atomic E-state index is 13.4. The minimum Gasteiger partial charge on any atom is -0.385 e. The topological polar surface area (TPSA) is 55.8 Å². The van der Waals surface area contributed by atoms with Gasteiger partial charge in [-0.2, -0.15) is 0 Å². The standard InChI is InChI=1S/C20H27ClFN3O2/c21-15-3-1-14(2-4-15)20(27)6-9-24(10-7-20)17-11-18(23-12-17)19(26)25-8-5-16(22)13-25/h1-4,16-18,23,27H,5-13H2/t16?,17-,18-/m0/s1. The van der Waals surface area contributed by atoms with Crippen LogP contribution in [0.25, 0.3) is 0 Å². The van der Waals surface area contributed by atoms with E-state index in [1.165, 1.54) is 0 Å². The van der Waals surface area contributed by atoms with Gasteiger partial charge in [-0.25, -0.2) is 4.39 Å². The van der Waals surface area contributed by atoms with Crippen LogP contribution in [0.2, 0.25) is 5.02 Å². The number of aliphatic hydroxyl groups is 1. The van der Waals surface area contributed by atoms with Crippen LogP contribution < -0.4 is 5.32 Å². The Morgan fingerprint density at radius 3 is 2.56 bits per heavy atom. The van der Waals surface area contributed by atoms with Crippen molar-refractivity contribution < 1.29 is 14.3 Å². The zero-order valence-electron chi connectivity index (χ0n) is 15.4. The number of carbonyl (C=O) groups is 1. The molecule has 1 amide bonds. The average Bonchev–Trinajstić information content (AvgIpc) is 3.32. The molecular weight excluding hydrogens is 369 g/mol. The lowest BCUT2D eigenvalue weighted by molar-refractivity contribution is -0.132. The monoisotopic (exact) mass is 395 g/mol. The zero-order chi connectivity index (χ0) is 19.0. The summed E-state index contributed by atoms with van der Waals surface area (Å²) in [6.07, 6.45) is 1.67. The molecule has 0 aromatic heterocycles. The molecule has 3 saturated heterocycles. The van der Waals surface area contributed by atoms with Crippen LogP contribution in [0.3, 0.4) is 0 Å². The number of nitrogens with zero attached hydrogens (tertiary/aromatic N) is 2. The Balaban J connectivity index is 1.31. The highest BCUT2D eigenvalue weighted by Crippen LogP contribution is 2.35. The molecule has 3 aliphatic heterocycles. The van der Waals surface area contributed by atoms with Crippen molar-refractivity contribution in [2.24, 2.45) is 0 Å². The first-order valence-electron chi connectivity index (χ1n) is 9.83. The summed E-state index contributed by atoms with van der Waals surface area (Å²) in [7, 11) is 0. The normalized spacial score (nSPS) is 31.4. The first-order valence-corrected chi connectivity index (χ1v) is 10.2. The minimum absolute atomic E-state index is 0.0346. The van der Waals surface area contributed by atoms with Gasteiger partial charge in [0.2, 0.25) is 5.91 Å². The van der Waals surface area contributed by atoms with Gasteiger partial charge in [-0.3, -0.25) is 9.69 Å². The van der Waals surface area contributed by atoms with Crippen molar-refractivity contribution in [1.82, 2.24) is 15.1 Å². The van der Waals surface area contributed by atoms with Gasteiger partial charge in [0.05, 0.1) is 18.2 Å². The Kier molecular flexibility index (Phi) is 5.43. The number of rotatable bonds is 3. The van der Waals surface area contributed by atoms with Gasteiger partial charge in [0.25, 0.3) is 0 Å². The third-order valence-corrected chi connectivity index (χ3v) is 6.62. The maximum Gasteiger partial charge on any atom is 0.239 e. The SMILES string of the molecule is O=C([C@@H]1C[C@H](N2CCC(O)(c3ccc(Cl)cc3)CC2)CN1)N1CCC(F)C1. The fourth-order valence-electron chi connectivity index (χ4n) is 4.63. The lowest BCUT2D eigenvalue weighted by atomic mass is 9.84. The Labute approximate surface area is 164 Å². The first-order chi connectivity index (χ1) is 12.9. The van der Waals surface area contributed by atoms with Gasteiger partial charge in [0, 0.05) is 37.2 Å². The number of nitrogens with one attached hydrogen (secondary N) is 1. The van der Waals surface area contributed by atoms with Crippen LogP contribution in [0.5, 0.6) is 0 Å². The van der Waals surface area contributed by atoms with Crippen LogP contribution in [0.15, 0.2) is 24.3 Å². The molecule has 5 nitrogen and oxygen atoms in total. The summed E-state index contributed by atoms with van der Waals surface area (Å²) < 4.78 is 13.4. The second-order valence-corrected chi connectivity index (χ2v) is 8.53. The van der Waals surface area contributed by atoms with Crippen LogP contribution in [-0.4, -0.2) is 71.8 Å². The largest absolute Gasteiger partial charge is 0.385 e. The lowest BCUT2D eigenvalue weighted by Crippen LogP contribution is -2.47. The smallest absolute Gasteiger partial charge is 0.239 e. The van der Waals surface area contributed by atoms with E-state index in [1.807, 2.05) is 24.3 Å². The molecule has 148 valence electrons. The Bertz CT molecular complexity index is 678. The van der Waals surface area contributed by atoms with Crippen molar-refractivity contribution in [1.29, 1.82) is 0 Å². The van der Waals surface area contributed by atoms with E-state index in [0.29, 0.717) is 30.8 Å². The molecule has 3 aliphatic rings. The highest BCUT2D eigenvalue weighted by atomic mass is 35.5. The number of hydrogen-bond acceptors (Lipinski definition) is 4. The van der Waals surface area contributed by atoms with E-state index in [2.05, 4.69) is 10.2 Å². The average molecular weight is 396 g/mol. The van der Waals surface area contributed by atoms with Crippen LogP contribution in [0.4, 0.5) is 4.39 Å². The third-order valence-electron chi connectivity index (χ3n) is 6.37. The van der Waals surface area contributed by atoms with E-state index < -0.39 is 11.8 Å². The minimum atomic E-state index is -0.876. The second-order valence-electron chi connectivity index (χ2n) is 8.10. The quantitative estimate of drug-likeness (QED) is 0.821. The van der Waals surface area contributed by atoms with E-state index in [9.17, 15) is 14.3 Å². The highest BCUT2D eigenvalue weighted by Gasteiger charge is 2.40. The van der Waals surface area contributed by atoms with E-state index in [-0.39, 0.29) is 24.5 Å². The summed E-state index contributed by atoms with van der Waals surface area (Å²) in [5.74, 6) is 0.0346. The van der Waals surface area contributed by atoms with E-state index in [0.717, 1.165) is 31.6 Å². The number of carbonyl (C=O) groups excluding carboxylic acids is 1. The molecule has 0 radical (unpaired) electrons. The summed E-state index contributed by atoms with van der Waals surface area (Å²) in [4.78, 5) is 16.6. The van der Waals surface area contributed by atoms with Crippen molar-refractivity contribution in [3.63, 3.8) is 0 Å². The van der Waals surface area contributed by atoms with Crippen LogP contribution >= 0.6 is 11.6 Å². The fourth-order valence-corrected chi connectivity index (χ4v) is 4.76. The van der Waals surface area contributed by atoms with Gasteiger partial charge in [-0.05, 0) is 43.4 Å². The Morgan fingerprint density at radius 1 is 1.22 bits per heavy atom. The molecule has 3 fully saturated rings. The summed E-state index contributed by atoms with van der Waals surface area (Å²) >= 11 is 5.95. The number of hydrogen-bond donors (Lipinski definition) is 2. The second kappa shape index (κ2) is 7.66. The zero-order valence-corrected chi connectivity index (χ0v) is 16.2. The molecule has 0 saturated carbocycles. The molecule has 27 heavy (non-hydrogen) atoms. The number of benzene rings is 1. The van der Waals surface area contributed by atoms with Crippen molar-refractivity contribution in [2.75, 3.05) is 32.7 Å². The van der Waals surface area contributed by atoms with Crippen LogP contribution in [0.1, 0.15) is 31.2 Å². The van der Waals surface area contributed by atoms with E-state index >= 15 is 0 Å². The molecule has 1 unspecified atom stereocenters. The molecule has 2 N–H and O–H groups in total. The van der Waals surface area contributed by atoms with Crippen molar-refractivity contribution >= 4 is 17.5 Å². The van der Waals surface area contributed by atoms with Gasteiger partial charge >= 0.3 is 0 Å². The third kappa shape index (κ3) is 3.99. The van der Waals surface area contributed by atoms with E-state index in [1.54, 1.807) is 4.90 Å². The predicted molar refractivity (Wildman–Crippen MR) is 102 cm³/mol. The molecule has 4 rings (SSSR count). The van der Waals surface area contributed by atoms with Crippen molar-refractivity contribution in [3.8, 4) is 0 Å². The van der Waals surface area contributed by atoms with E-state index in [4.69, 9.17) is 11.6 Å². The van der Waals surface area contributed by atoms with Gasteiger partial charge in [0.1, 0.15) is 6.17 Å². The van der Waals surface area contributed by atoms with Gasteiger partial charge in [-0.15, -0.1) is 0 Å². The van der Waals surface area contributed by atoms with Crippen LogP contribution in [-0.2, 0) is 10.4 Å².